The Labute approximate surface area is 372 Å². The van der Waals surface area contributed by atoms with Crippen molar-refractivity contribution >= 4 is 65.6 Å². The zero-order valence-electron chi connectivity index (χ0n) is 34.6. The Bertz CT molecular complexity index is 3270. The van der Waals surface area contributed by atoms with Crippen LogP contribution in [0.25, 0.3) is 64.7 Å². The molecule has 1 aromatic heterocycles. The van der Waals surface area contributed by atoms with E-state index in [4.69, 9.17) is 0 Å². The van der Waals surface area contributed by atoms with E-state index in [0.717, 1.165) is 56.4 Å². The van der Waals surface area contributed by atoms with Gasteiger partial charge in [0, 0.05) is 48.4 Å². The largest absolute Gasteiger partial charge is 0.310 e. The van der Waals surface area contributed by atoms with Crippen LogP contribution < -0.4 is 9.80 Å². The van der Waals surface area contributed by atoms with Gasteiger partial charge in [-0.3, -0.25) is 0 Å². The first-order valence-corrected chi connectivity index (χ1v) is 22.2. The van der Waals surface area contributed by atoms with Crippen LogP contribution >= 0.6 is 11.3 Å². The van der Waals surface area contributed by atoms with E-state index in [0.29, 0.717) is 0 Å². The lowest BCUT2D eigenvalue weighted by Crippen LogP contribution is -2.14. The number of benzene rings is 10. The van der Waals surface area contributed by atoms with Gasteiger partial charge < -0.3 is 9.80 Å². The highest BCUT2D eigenvalue weighted by Gasteiger charge is 2.25. The fourth-order valence-electron chi connectivity index (χ4n) is 8.94. The van der Waals surface area contributed by atoms with E-state index in [9.17, 15) is 0 Å². The van der Waals surface area contributed by atoms with Gasteiger partial charge in [-0.25, -0.2) is 0 Å². The van der Waals surface area contributed by atoms with Gasteiger partial charge >= 0.3 is 0 Å². The van der Waals surface area contributed by atoms with Crippen LogP contribution in [-0.2, 0) is 0 Å². The number of hydrogen-bond donors (Lipinski definition) is 0. The van der Waals surface area contributed by atoms with Crippen molar-refractivity contribution in [3.05, 3.63) is 255 Å². The van der Waals surface area contributed by atoms with Gasteiger partial charge in [-0.2, -0.15) is 0 Å². The van der Waals surface area contributed by atoms with Crippen LogP contribution in [0.2, 0.25) is 0 Å². The van der Waals surface area contributed by atoms with Gasteiger partial charge in [0.1, 0.15) is 0 Å². The van der Waals surface area contributed by atoms with E-state index in [1.54, 1.807) is 0 Å². The molecule has 0 spiro atoms. The molecule has 0 unspecified atom stereocenters. The molecule has 0 radical (unpaired) electrons. The van der Waals surface area contributed by atoms with Crippen LogP contribution in [0.3, 0.4) is 0 Å². The first-order chi connectivity index (χ1) is 31.3. The fourth-order valence-corrected chi connectivity index (χ4v) is 10.1. The van der Waals surface area contributed by atoms with Gasteiger partial charge in [-0.15, -0.1) is 11.3 Å². The summed E-state index contributed by atoms with van der Waals surface area (Å²) < 4.78 is 2.54. The topological polar surface area (TPSA) is 6.48 Å². The average Bonchev–Trinajstić information content (AvgIpc) is 3.75. The van der Waals surface area contributed by atoms with Crippen molar-refractivity contribution < 1.29 is 0 Å². The van der Waals surface area contributed by atoms with Crippen molar-refractivity contribution in [2.45, 2.75) is 0 Å². The zero-order chi connectivity index (χ0) is 42.0. The molecule has 0 aliphatic carbocycles. The Kier molecular flexibility index (Phi) is 10.1. The molecule has 1 heterocycles. The zero-order valence-corrected chi connectivity index (χ0v) is 35.4. The van der Waals surface area contributed by atoms with E-state index in [1.165, 1.54) is 42.4 Å². The number of anilines is 6. The second-order valence-corrected chi connectivity index (χ2v) is 16.8. The average molecular weight is 823 g/mol. The second kappa shape index (κ2) is 16.8. The van der Waals surface area contributed by atoms with Crippen molar-refractivity contribution in [1.29, 1.82) is 0 Å². The Hall–Kier alpha value is -7.98. The standard InChI is InChI=1S/C60H42N2S/c1-4-20-43(21-5-1)46-26-16-29-49(40-46)61(50-30-17-27-47(41-50)44-22-6-2-7-23-44)55-35-13-10-32-52(55)53-33-11-14-36-56(53)62(51-31-18-28-48(42-51)45-24-8-3-9-25-45)57-37-19-39-59-60(57)54-34-12-15-38-58(54)63-59/h1-42H. The first kappa shape index (κ1) is 38.0. The summed E-state index contributed by atoms with van der Waals surface area (Å²) in [5.74, 6) is 0. The van der Waals surface area contributed by atoms with Crippen molar-refractivity contribution in [3.63, 3.8) is 0 Å². The number of nitrogens with zero attached hydrogens (tertiary/aromatic N) is 2. The maximum absolute atomic E-state index is 2.48. The Morgan fingerprint density at radius 2 is 0.619 bits per heavy atom. The summed E-state index contributed by atoms with van der Waals surface area (Å²) in [7, 11) is 0. The van der Waals surface area contributed by atoms with E-state index >= 15 is 0 Å². The lowest BCUT2D eigenvalue weighted by molar-refractivity contribution is 1.27. The molecular formula is C60H42N2S. The maximum atomic E-state index is 2.48. The summed E-state index contributed by atoms with van der Waals surface area (Å²) in [6, 6.07) is 92.2. The number of para-hydroxylation sites is 2. The lowest BCUT2D eigenvalue weighted by Gasteiger charge is -2.32. The summed E-state index contributed by atoms with van der Waals surface area (Å²) in [5.41, 5.74) is 15.8. The molecule has 0 aliphatic heterocycles. The summed E-state index contributed by atoms with van der Waals surface area (Å²) >= 11 is 1.85. The number of fused-ring (bicyclic) bond motifs is 3. The molecule has 11 rings (SSSR count). The molecule has 0 N–H and O–H groups in total. The fraction of sp³-hybridized carbons (Fsp3) is 0. The Morgan fingerprint density at radius 3 is 1.14 bits per heavy atom. The Morgan fingerprint density at radius 1 is 0.254 bits per heavy atom. The highest BCUT2D eigenvalue weighted by Crippen LogP contribution is 2.50. The summed E-state index contributed by atoms with van der Waals surface area (Å²) in [4.78, 5) is 4.91. The molecule has 0 atom stereocenters. The van der Waals surface area contributed by atoms with E-state index in [2.05, 4.69) is 265 Å². The molecule has 10 aromatic carbocycles. The molecule has 11 aromatic rings. The van der Waals surface area contributed by atoms with Crippen molar-refractivity contribution in [2.24, 2.45) is 0 Å². The predicted molar refractivity (Wildman–Crippen MR) is 270 cm³/mol. The van der Waals surface area contributed by atoms with E-state index in [1.807, 2.05) is 11.3 Å². The SMILES string of the molecule is c1ccc(-c2cccc(N(c3cccc(-c4ccccc4)c3)c3ccccc3-c3ccccc3N(c3cccc(-c4ccccc4)c3)c3cccc4sc5ccccc5c34)c2)cc1. The normalized spacial score (nSPS) is 11.2. The minimum absolute atomic E-state index is 1.08. The molecule has 0 amide bonds. The van der Waals surface area contributed by atoms with Gasteiger partial charge in [0.15, 0.2) is 0 Å². The van der Waals surface area contributed by atoms with Gasteiger partial charge in [0.25, 0.3) is 0 Å². The molecule has 0 aliphatic rings. The van der Waals surface area contributed by atoms with Gasteiger partial charge in [-0.05, 0) is 100 Å². The molecule has 2 nitrogen and oxygen atoms in total. The van der Waals surface area contributed by atoms with Gasteiger partial charge in [0.05, 0.1) is 17.1 Å². The van der Waals surface area contributed by atoms with Crippen molar-refractivity contribution in [3.8, 4) is 44.5 Å². The minimum Gasteiger partial charge on any atom is -0.310 e. The van der Waals surface area contributed by atoms with Crippen LogP contribution in [0.5, 0.6) is 0 Å². The summed E-state index contributed by atoms with van der Waals surface area (Å²) in [6.07, 6.45) is 0. The molecule has 3 heteroatoms. The maximum Gasteiger partial charge on any atom is 0.0555 e. The minimum atomic E-state index is 1.08. The molecule has 298 valence electrons. The van der Waals surface area contributed by atoms with Crippen molar-refractivity contribution in [2.75, 3.05) is 9.80 Å². The molecule has 0 fully saturated rings. The van der Waals surface area contributed by atoms with Crippen LogP contribution in [0.4, 0.5) is 34.1 Å². The molecule has 0 saturated heterocycles. The Balaban J connectivity index is 1.15. The molecule has 0 bridgehead atoms. The van der Waals surface area contributed by atoms with E-state index < -0.39 is 0 Å². The van der Waals surface area contributed by atoms with Crippen LogP contribution in [0.1, 0.15) is 0 Å². The monoisotopic (exact) mass is 822 g/mol. The molecular weight excluding hydrogens is 781 g/mol. The predicted octanol–water partition coefficient (Wildman–Crippen LogP) is 17.7. The molecule has 63 heavy (non-hydrogen) atoms. The highest BCUT2D eigenvalue weighted by atomic mass is 32.1. The third kappa shape index (κ3) is 7.35. The second-order valence-electron chi connectivity index (χ2n) is 15.7. The molecule has 0 saturated carbocycles. The summed E-state index contributed by atoms with van der Waals surface area (Å²) in [5, 5.41) is 2.52. The van der Waals surface area contributed by atoms with E-state index in [-0.39, 0.29) is 0 Å². The quantitative estimate of drug-likeness (QED) is 0.136. The van der Waals surface area contributed by atoms with Crippen molar-refractivity contribution in [1.82, 2.24) is 0 Å². The van der Waals surface area contributed by atoms with Gasteiger partial charge in [-0.1, -0.05) is 188 Å². The lowest BCUT2D eigenvalue weighted by atomic mass is 9.97. The van der Waals surface area contributed by atoms with Gasteiger partial charge in [0.2, 0.25) is 0 Å². The first-order valence-electron chi connectivity index (χ1n) is 21.4. The third-order valence-electron chi connectivity index (χ3n) is 11.8. The van der Waals surface area contributed by atoms with Crippen LogP contribution in [0, 0.1) is 0 Å². The number of hydrogen-bond acceptors (Lipinski definition) is 3. The number of rotatable bonds is 10. The third-order valence-corrected chi connectivity index (χ3v) is 13.0. The smallest absolute Gasteiger partial charge is 0.0555 e. The summed E-state index contributed by atoms with van der Waals surface area (Å²) in [6.45, 7) is 0. The van der Waals surface area contributed by atoms with Crippen LogP contribution in [0.15, 0.2) is 255 Å². The van der Waals surface area contributed by atoms with Crippen LogP contribution in [-0.4, -0.2) is 0 Å². The number of thiophene rings is 1. The highest BCUT2D eigenvalue weighted by molar-refractivity contribution is 7.26.